The molecule has 0 aliphatic carbocycles. The average molecular weight is 303 g/mol. The summed E-state index contributed by atoms with van der Waals surface area (Å²) in [4.78, 5) is 10.7. The molecule has 0 aliphatic rings. The highest BCUT2D eigenvalue weighted by molar-refractivity contribution is 6.63. The molecule has 1 unspecified atom stereocenters. The molecule has 0 saturated heterocycles. The topological polar surface area (TPSA) is 26.3 Å². The highest BCUT2D eigenvalue weighted by Gasteiger charge is 2.26. The highest BCUT2D eigenvalue weighted by Crippen LogP contribution is 2.24. The second-order valence-electron chi connectivity index (χ2n) is 5.05. The molecule has 0 aliphatic heterocycles. The van der Waals surface area contributed by atoms with Gasteiger partial charge in [-0.1, -0.05) is 25.7 Å². The van der Waals surface area contributed by atoms with Crippen molar-refractivity contribution in [3.8, 4) is 0 Å². The van der Waals surface area contributed by atoms with E-state index in [1.165, 1.54) is 6.92 Å². The fourth-order valence-corrected chi connectivity index (χ4v) is 1.79. The molecule has 0 fully saturated rings. The lowest BCUT2D eigenvalue weighted by Gasteiger charge is -2.22. The summed E-state index contributed by atoms with van der Waals surface area (Å²) in [5.41, 5.74) is 0.133. The van der Waals surface area contributed by atoms with Crippen molar-refractivity contribution in [3.63, 3.8) is 0 Å². The van der Waals surface area contributed by atoms with Crippen LogP contribution in [0.4, 0.5) is 4.39 Å². The van der Waals surface area contributed by atoms with Crippen molar-refractivity contribution in [1.82, 2.24) is 0 Å². The van der Waals surface area contributed by atoms with Crippen molar-refractivity contribution >= 4 is 16.8 Å². The van der Waals surface area contributed by atoms with Crippen LogP contribution in [0.1, 0.15) is 47.0 Å². The highest BCUT2D eigenvalue weighted by atomic mass is 35.5. The summed E-state index contributed by atoms with van der Waals surface area (Å²) < 4.78 is 19.8. The molecule has 1 atom stereocenters. The first-order valence-corrected chi connectivity index (χ1v) is 7.13. The number of ether oxygens (including phenoxy) is 1. The number of alkyl halides is 1. The minimum atomic E-state index is -1.60. The van der Waals surface area contributed by atoms with Crippen LogP contribution in [0.5, 0.6) is 0 Å². The summed E-state index contributed by atoms with van der Waals surface area (Å²) in [5.74, 6) is 0.617. The van der Waals surface area contributed by atoms with Gasteiger partial charge in [0.05, 0.1) is 0 Å². The van der Waals surface area contributed by atoms with Crippen LogP contribution in [-0.4, -0.2) is 17.5 Å². The largest absolute Gasteiger partial charge is 0.490 e. The summed E-state index contributed by atoms with van der Waals surface area (Å²) in [6, 6.07) is 0. The Bertz CT molecular complexity index is 409. The van der Waals surface area contributed by atoms with Gasteiger partial charge in [0.2, 0.25) is 5.24 Å². The van der Waals surface area contributed by atoms with E-state index >= 15 is 0 Å². The molecule has 0 aromatic heterocycles. The van der Waals surface area contributed by atoms with Gasteiger partial charge in [0.15, 0.2) is 0 Å². The van der Waals surface area contributed by atoms with E-state index in [1.54, 1.807) is 0 Å². The first-order chi connectivity index (χ1) is 9.23. The third-order valence-electron chi connectivity index (χ3n) is 2.79. The van der Waals surface area contributed by atoms with Crippen LogP contribution in [0, 0.1) is 0 Å². The zero-order chi connectivity index (χ0) is 15.8. The van der Waals surface area contributed by atoms with Gasteiger partial charge in [-0.3, -0.25) is 4.79 Å². The molecule has 4 heteroatoms. The number of allylic oxidation sites excluding steroid dienone is 4. The number of rotatable bonds is 9. The van der Waals surface area contributed by atoms with Gasteiger partial charge in [-0.05, 0) is 56.4 Å². The average Bonchev–Trinajstić information content (AvgIpc) is 2.35. The molecular formula is C16H24ClFO2. The Labute approximate surface area is 126 Å². The summed E-state index contributed by atoms with van der Waals surface area (Å²) in [5, 5.41) is -0.535. The van der Waals surface area contributed by atoms with Gasteiger partial charge in [-0.25, -0.2) is 4.39 Å². The molecular weight excluding hydrogens is 279 g/mol. The maximum Gasteiger partial charge on any atom is 0.221 e. The van der Waals surface area contributed by atoms with Gasteiger partial charge < -0.3 is 4.74 Å². The van der Waals surface area contributed by atoms with Gasteiger partial charge in [-0.2, -0.15) is 0 Å². The number of hydrogen-bond donors (Lipinski definition) is 0. The van der Waals surface area contributed by atoms with Crippen molar-refractivity contribution < 1.29 is 13.9 Å². The standard InChI is InChI=1S/C16H24ClFO2/c1-6-8-13(7-2)15(12(3)4)20-11-16(5,18)10-9-14(17)19/h6,8H,3,7,9-11H2,1-2,4-5H3/b8-6-,15-13+. The van der Waals surface area contributed by atoms with Gasteiger partial charge in [0.25, 0.3) is 0 Å². The number of carbonyl (C=O) groups is 1. The summed E-state index contributed by atoms with van der Waals surface area (Å²) >= 11 is 5.23. The summed E-state index contributed by atoms with van der Waals surface area (Å²) in [7, 11) is 0. The van der Waals surface area contributed by atoms with E-state index in [4.69, 9.17) is 16.3 Å². The Morgan fingerprint density at radius 1 is 1.50 bits per heavy atom. The zero-order valence-electron chi connectivity index (χ0n) is 12.8. The maximum absolute atomic E-state index is 14.2. The lowest BCUT2D eigenvalue weighted by Crippen LogP contribution is -2.26. The Morgan fingerprint density at radius 2 is 2.10 bits per heavy atom. The van der Waals surface area contributed by atoms with E-state index in [0.717, 1.165) is 17.6 Å². The van der Waals surface area contributed by atoms with Crippen molar-refractivity contribution in [2.24, 2.45) is 0 Å². The predicted molar refractivity (Wildman–Crippen MR) is 82.5 cm³/mol. The number of hydrogen-bond acceptors (Lipinski definition) is 2. The van der Waals surface area contributed by atoms with Gasteiger partial charge in [0.1, 0.15) is 18.0 Å². The van der Waals surface area contributed by atoms with Crippen molar-refractivity contribution in [2.45, 2.75) is 52.6 Å². The second-order valence-corrected chi connectivity index (χ2v) is 5.47. The van der Waals surface area contributed by atoms with Crippen molar-refractivity contribution in [3.05, 3.63) is 35.6 Å². The molecule has 114 valence electrons. The second kappa shape index (κ2) is 8.96. The summed E-state index contributed by atoms with van der Waals surface area (Å²) in [6.07, 6.45) is 4.66. The Kier molecular flexibility index (Phi) is 8.47. The Balaban J connectivity index is 4.87. The monoisotopic (exact) mass is 302 g/mol. The van der Waals surface area contributed by atoms with E-state index in [-0.39, 0.29) is 19.4 Å². The molecule has 0 heterocycles. The quantitative estimate of drug-likeness (QED) is 0.337. The predicted octanol–water partition coefficient (Wildman–Crippen LogP) is 5.09. The Hall–Kier alpha value is -1.09. The zero-order valence-corrected chi connectivity index (χ0v) is 13.5. The van der Waals surface area contributed by atoms with Crippen molar-refractivity contribution in [2.75, 3.05) is 6.61 Å². The molecule has 0 radical (unpaired) electrons. The fraction of sp³-hybridized carbons (Fsp3) is 0.562. The van der Waals surface area contributed by atoms with Crippen LogP contribution in [0.2, 0.25) is 0 Å². The molecule has 0 bridgehead atoms. The van der Waals surface area contributed by atoms with E-state index in [0.29, 0.717) is 5.76 Å². The SMILES string of the molecule is C=C(C)/C(OCC(C)(F)CCC(=O)Cl)=C(\C=C/C)CC. The van der Waals surface area contributed by atoms with Crippen LogP contribution in [0.3, 0.4) is 0 Å². The molecule has 0 rings (SSSR count). The molecule has 0 saturated carbocycles. The molecule has 0 aromatic carbocycles. The van der Waals surface area contributed by atoms with Gasteiger partial charge >= 0.3 is 0 Å². The lowest BCUT2D eigenvalue weighted by molar-refractivity contribution is -0.112. The molecule has 0 N–H and O–H groups in total. The van der Waals surface area contributed by atoms with Gasteiger partial charge in [-0.15, -0.1) is 0 Å². The normalized spacial score (nSPS) is 15.7. The third-order valence-corrected chi connectivity index (χ3v) is 2.98. The summed E-state index contributed by atoms with van der Waals surface area (Å²) in [6.45, 7) is 10.9. The first kappa shape index (κ1) is 18.9. The molecule has 0 spiro atoms. The van der Waals surface area contributed by atoms with Crippen LogP contribution in [0.15, 0.2) is 35.6 Å². The van der Waals surface area contributed by atoms with E-state index in [9.17, 15) is 9.18 Å². The Morgan fingerprint density at radius 3 is 2.50 bits per heavy atom. The molecule has 0 aromatic rings. The molecule has 0 amide bonds. The van der Waals surface area contributed by atoms with E-state index in [2.05, 4.69) is 6.58 Å². The smallest absolute Gasteiger partial charge is 0.221 e. The van der Waals surface area contributed by atoms with E-state index in [1.807, 2.05) is 32.9 Å². The molecule has 20 heavy (non-hydrogen) atoms. The fourth-order valence-electron chi connectivity index (χ4n) is 1.70. The third kappa shape index (κ3) is 7.49. The van der Waals surface area contributed by atoms with Crippen molar-refractivity contribution in [1.29, 1.82) is 0 Å². The maximum atomic E-state index is 14.2. The molecule has 2 nitrogen and oxygen atoms in total. The van der Waals surface area contributed by atoms with Crippen LogP contribution in [-0.2, 0) is 9.53 Å². The minimum absolute atomic E-state index is 0.000464. The first-order valence-electron chi connectivity index (χ1n) is 6.75. The lowest BCUT2D eigenvalue weighted by atomic mass is 10.0. The van der Waals surface area contributed by atoms with Crippen LogP contribution in [0.25, 0.3) is 0 Å². The van der Waals surface area contributed by atoms with Crippen LogP contribution < -0.4 is 0 Å². The van der Waals surface area contributed by atoms with Gasteiger partial charge in [0, 0.05) is 6.42 Å². The van der Waals surface area contributed by atoms with Crippen LogP contribution >= 0.6 is 11.6 Å². The number of halogens is 2. The number of carbonyl (C=O) groups excluding carboxylic acids is 1. The minimum Gasteiger partial charge on any atom is -0.490 e. The van der Waals surface area contributed by atoms with E-state index < -0.39 is 10.9 Å².